The lowest BCUT2D eigenvalue weighted by Crippen LogP contribution is -2.41. The van der Waals surface area contributed by atoms with E-state index >= 15 is 0 Å². The maximum absolute atomic E-state index is 12.8. The predicted molar refractivity (Wildman–Crippen MR) is 65.4 cm³/mol. The van der Waals surface area contributed by atoms with Gasteiger partial charge < -0.3 is 10.4 Å². The third kappa shape index (κ3) is 3.68. The number of rotatable bonds is 3. The molecule has 6 heteroatoms. The van der Waals surface area contributed by atoms with Gasteiger partial charge in [-0.1, -0.05) is 18.2 Å². The Balaban J connectivity index is 2.12. The van der Waals surface area contributed by atoms with Gasteiger partial charge in [0.2, 0.25) is 0 Å². The molecule has 1 saturated heterocycles. The van der Waals surface area contributed by atoms with E-state index in [1.807, 2.05) is 0 Å². The summed E-state index contributed by atoms with van der Waals surface area (Å²) < 4.78 is 38.5. The second-order valence-electron chi connectivity index (χ2n) is 4.68. The van der Waals surface area contributed by atoms with Gasteiger partial charge in [-0.05, 0) is 32.0 Å². The Hall–Kier alpha value is -1.11. The van der Waals surface area contributed by atoms with Crippen LogP contribution in [0.5, 0.6) is 0 Å². The van der Waals surface area contributed by atoms with Gasteiger partial charge in [0, 0.05) is 11.6 Å². The Labute approximate surface area is 109 Å². The molecule has 0 amide bonds. The van der Waals surface area contributed by atoms with Crippen LogP contribution in [0.15, 0.2) is 24.3 Å². The normalized spacial score (nSPS) is 19.4. The molecule has 2 rings (SSSR count). The fourth-order valence-electron chi connectivity index (χ4n) is 2.30. The number of benzene rings is 1. The van der Waals surface area contributed by atoms with Gasteiger partial charge in [-0.2, -0.15) is 13.2 Å². The van der Waals surface area contributed by atoms with E-state index in [0.29, 0.717) is 0 Å². The van der Waals surface area contributed by atoms with Crippen molar-refractivity contribution < 1.29 is 18.3 Å². The maximum atomic E-state index is 12.8. The molecule has 1 unspecified atom stereocenters. The van der Waals surface area contributed by atoms with Gasteiger partial charge in [0.15, 0.2) is 0 Å². The lowest BCUT2D eigenvalue weighted by Gasteiger charge is -2.27. The number of nitrogens with one attached hydrogen (secondary N) is 2. The molecule has 19 heavy (non-hydrogen) atoms. The van der Waals surface area contributed by atoms with Crippen molar-refractivity contribution in [1.82, 2.24) is 10.6 Å². The topological polar surface area (TPSA) is 44.3 Å². The Morgan fingerprint density at radius 3 is 2.47 bits per heavy atom. The molecule has 1 heterocycles. The highest BCUT2D eigenvalue weighted by Gasteiger charge is 2.35. The molecule has 0 spiro atoms. The van der Waals surface area contributed by atoms with Crippen molar-refractivity contribution in [2.24, 2.45) is 0 Å². The number of hydrogen-bond donors (Lipinski definition) is 3. The molecule has 0 saturated carbocycles. The van der Waals surface area contributed by atoms with Crippen LogP contribution in [0.1, 0.15) is 30.2 Å². The second kappa shape index (κ2) is 5.90. The van der Waals surface area contributed by atoms with E-state index in [0.717, 1.165) is 32.0 Å². The minimum absolute atomic E-state index is 0.0394. The summed E-state index contributed by atoms with van der Waals surface area (Å²) in [5, 5.41) is 16.0. The van der Waals surface area contributed by atoms with Gasteiger partial charge in [0.05, 0.1) is 5.56 Å². The summed E-state index contributed by atoms with van der Waals surface area (Å²) in [6, 6.07) is 5.16. The number of aliphatic hydroxyl groups excluding tert-OH is 1. The van der Waals surface area contributed by atoms with E-state index in [1.54, 1.807) is 0 Å². The Morgan fingerprint density at radius 2 is 1.84 bits per heavy atom. The first-order valence-electron chi connectivity index (χ1n) is 6.29. The van der Waals surface area contributed by atoms with Crippen LogP contribution in [-0.4, -0.2) is 24.2 Å². The number of alkyl halides is 3. The molecule has 1 aliphatic rings. The molecule has 1 fully saturated rings. The zero-order chi connectivity index (χ0) is 13.9. The number of aliphatic hydroxyl groups is 1. The monoisotopic (exact) mass is 274 g/mol. The van der Waals surface area contributed by atoms with Gasteiger partial charge in [-0.25, -0.2) is 0 Å². The molecule has 0 radical (unpaired) electrons. The van der Waals surface area contributed by atoms with Crippen molar-refractivity contribution in [3.05, 3.63) is 35.4 Å². The average molecular weight is 274 g/mol. The third-order valence-corrected chi connectivity index (χ3v) is 3.29. The van der Waals surface area contributed by atoms with Crippen molar-refractivity contribution in [2.75, 3.05) is 13.1 Å². The van der Waals surface area contributed by atoms with Crippen LogP contribution < -0.4 is 10.6 Å². The van der Waals surface area contributed by atoms with Crippen molar-refractivity contribution in [3.63, 3.8) is 0 Å². The molecular weight excluding hydrogens is 257 g/mol. The first-order chi connectivity index (χ1) is 8.98. The zero-order valence-electron chi connectivity index (χ0n) is 10.4. The van der Waals surface area contributed by atoms with E-state index in [2.05, 4.69) is 10.6 Å². The average Bonchev–Trinajstić information content (AvgIpc) is 2.39. The van der Waals surface area contributed by atoms with Crippen LogP contribution in [0.3, 0.4) is 0 Å². The Bertz CT molecular complexity index is 417. The summed E-state index contributed by atoms with van der Waals surface area (Å²) in [5.74, 6) is 0. The van der Waals surface area contributed by atoms with Crippen LogP contribution >= 0.6 is 0 Å². The van der Waals surface area contributed by atoms with Gasteiger partial charge in [0.25, 0.3) is 0 Å². The van der Waals surface area contributed by atoms with Gasteiger partial charge >= 0.3 is 6.18 Å². The standard InChI is InChI=1S/C13H17F3N2O/c14-13(15,16)11-4-2-1-3-10(11)12(19)18-9-5-7-17-8-6-9/h1-4,9,12,17-19H,5-8H2. The van der Waals surface area contributed by atoms with Crippen LogP contribution in [-0.2, 0) is 6.18 Å². The van der Waals surface area contributed by atoms with Gasteiger partial charge in [-0.3, -0.25) is 5.32 Å². The van der Waals surface area contributed by atoms with E-state index in [1.165, 1.54) is 18.2 Å². The quantitative estimate of drug-likeness (QED) is 0.739. The van der Waals surface area contributed by atoms with Crippen molar-refractivity contribution in [1.29, 1.82) is 0 Å². The number of piperidine rings is 1. The van der Waals surface area contributed by atoms with E-state index in [4.69, 9.17) is 0 Å². The molecule has 1 atom stereocenters. The third-order valence-electron chi connectivity index (χ3n) is 3.29. The first kappa shape index (κ1) is 14.3. The largest absolute Gasteiger partial charge is 0.416 e. The maximum Gasteiger partial charge on any atom is 0.416 e. The van der Waals surface area contributed by atoms with Crippen LogP contribution in [0.2, 0.25) is 0 Å². The molecule has 0 aliphatic carbocycles. The van der Waals surface area contributed by atoms with Crippen LogP contribution in [0.4, 0.5) is 13.2 Å². The van der Waals surface area contributed by atoms with E-state index in [9.17, 15) is 18.3 Å². The SMILES string of the molecule is OC(NC1CCNCC1)c1ccccc1C(F)(F)F. The fourth-order valence-corrected chi connectivity index (χ4v) is 2.30. The van der Waals surface area contributed by atoms with E-state index in [-0.39, 0.29) is 11.6 Å². The van der Waals surface area contributed by atoms with Crippen molar-refractivity contribution in [2.45, 2.75) is 31.3 Å². The van der Waals surface area contributed by atoms with Crippen LogP contribution in [0, 0.1) is 0 Å². The van der Waals surface area contributed by atoms with Gasteiger partial charge in [-0.15, -0.1) is 0 Å². The van der Waals surface area contributed by atoms with Crippen LogP contribution in [0.25, 0.3) is 0 Å². The highest BCUT2D eigenvalue weighted by Crippen LogP contribution is 2.34. The van der Waals surface area contributed by atoms with Crippen molar-refractivity contribution in [3.8, 4) is 0 Å². The molecule has 106 valence electrons. The summed E-state index contributed by atoms with van der Waals surface area (Å²) in [7, 11) is 0. The van der Waals surface area contributed by atoms with Gasteiger partial charge in [0.1, 0.15) is 6.23 Å². The number of hydrogen-bond acceptors (Lipinski definition) is 3. The molecule has 3 nitrogen and oxygen atoms in total. The first-order valence-corrected chi connectivity index (χ1v) is 6.29. The lowest BCUT2D eigenvalue weighted by atomic mass is 10.0. The zero-order valence-corrected chi connectivity index (χ0v) is 10.4. The molecule has 0 aromatic heterocycles. The summed E-state index contributed by atoms with van der Waals surface area (Å²) in [5.41, 5.74) is -0.905. The minimum atomic E-state index is -4.45. The molecule has 1 aromatic rings. The fraction of sp³-hybridized carbons (Fsp3) is 0.538. The summed E-state index contributed by atoms with van der Waals surface area (Å²) >= 11 is 0. The molecule has 1 aromatic carbocycles. The Morgan fingerprint density at radius 1 is 1.21 bits per heavy atom. The lowest BCUT2D eigenvalue weighted by molar-refractivity contribution is -0.139. The highest BCUT2D eigenvalue weighted by molar-refractivity contribution is 5.31. The summed E-state index contributed by atoms with van der Waals surface area (Å²) in [4.78, 5) is 0. The second-order valence-corrected chi connectivity index (χ2v) is 4.68. The summed E-state index contributed by atoms with van der Waals surface area (Å²) in [6.45, 7) is 1.62. The molecule has 0 bridgehead atoms. The smallest absolute Gasteiger partial charge is 0.374 e. The number of halogens is 3. The molecule has 1 aliphatic heterocycles. The Kier molecular flexibility index (Phi) is 4.44. The van der Waals surface area contributed by atoms with E-state index < -0.39 is 18.0 Å². The highest BCUT2D eigenvalue weighted by atomic mass is 19.4. The minimum Gasteiger partial charge on any atom is -0.374 e. The van der Waals surface area contributed by atoms with Crippen molar-refractivity contribution >= 4 is 0 Å². The predicted octanol–water partition coefficient (Wildman–Crippen LogP) is 2.04. The molecular formula is C13H17F3N2O. The molecule has 3 N–H and O–H groups in total. The summed E-state index contributed by atoms with van der Waals surface area (Å²) in [6.07, 6.45) is -4.15.